The van der Waals surface area contributed by atoms with Crippen LogP contribution in [0.15, 0.2) is 11.6 Å². The van der Waals surface area contributed by atoms with Gasteiger partial charge in [-0.05, 0) is 49.9 Å². The first-order valence-corrected chi connectivity index (χ1v) is 7.28. The second-order valence-electron chi connectivity index (χ2n) is 6.26. The number of hydrogen-bond donors (Lipinski definition) is 1. The second-order valence-corrected chi connectivity index (χ2v) is 7.25. The Morgan fingerprint density at radius 1 is 1.38 bits per heavy atom. The molecule has 1 nitrogen and oxygen atoms in total. The Morgan fingerprint density at radius 2 is 2.06 bits per heavy atom. The van der Waals surface area contributed by atoms with Crippen LogP contribution in [0.5, 0.6) is 0 Å². The van der Waals surface area contributed by atoms with Crippen molar-refractivity contribution in [2.24, 2.45) is 10.8 Å². The molecule has 0 radical (unpaired) electrons. The van der Waals surface area contributed by atoms with E-state index in [0.29, 0.717) is 5.41 Å². The third-order valence-electron chi connectivity index (χ3n) is 5.15. The quantitative estimate of drug-likeness (QED) is 0.526. The van der Waals surface area contributed by atoms with Crippen LogP contribution in [-0.2, 0) is 0 Å². The molecule has 0 aromatic carbocycles. The summed E-state index contributed by atoms with van der Waals surface area (Å²) in [5.41, 5.74) is 2.13. The van der Waals surface area contributed by atoms with Gasteiger partial charge in [0.15, 0.2) is 0 Å². The van der Waals surface area contributed by atoms with Gasteiger partial charge >= 0.3 is 0 Å². The van der Waals surface area contributed by atoms with Gasteiger partial charge < -0.3 is 5.11 Å². The Kier molecular flexibility index (Phi) is 3.26. The zero-order chi connectivity index (χ0) is 12.0. The van der Waals surface area contributed by atoms with E-state index >= 15 is 0 Å². The molecule has 0 aliphatic heterocycles. The number of halogens is 1. The maximum atomic E-state index is 10.0. The van der Waals surface area contributed by atoms with Gasteiger partial charge in [0.2, 0.25) is 0 Å². The predicted octanol–water partition coefficient (Wildman–Crippen LogP) is 4.05. The predicted molar refractivity (Wildman–Crippen MR) is 71.8 cm³/mol. The number of aliphatic hydroxyl groups excluding tert-OH is 1. The lowest BCUT2D eigenvalue weighted by molar-refractivity contribution is -0.0434. The summed E-state index contributed by atoms with van der Waals surface area (Å²) < 4.78 is 0. The normalized spacial score (nSPS) is 43.2. The molecular weight excluding hydrogens is 264 g/mol. The molecule has 92 valence electrons. The lowest BCUT2D eigenvalue weighted by atomic mass is 9.52. The van der Waals surface area contributed by atoms with E-state index in [-0.39, 0.29) is 16.3 Å². The van der Waals surface area contributed by atoms with Gasteiger partial charge in [-0.25, -0.2) is 0 Å². The molecule has 3 atom stereocenters. The summed E-state index contributed by atoms with van der Waals surface area (Å²) in [6.07, 6.45) is 8.09. The Bertz CT molecular complexity index is 308. The van der Waals surface area contributed by atoms with Gasteiger partial charge in [0, 0.05) is 4.83 Å². The van der Waals surface area contributed by atoms with Crippen molar-refractivity contribution in [3.63, 3.8) is 0 Å². The lowest BCUT2D eigenvalue weighted by Gasteiger charge is -2.56. The van der Waals surface area contributed by atoms with Crippen LogP contribution >= 0.6 is 15.9 Å². The Hall–Kier alpha value is 0.180. The molecular formula is C14H23BrO. The summed E-state index contributed by atoms with van der Waals surface area (Å²) in [5, 5.41) is 10.0. The van der Waals surface area contributed by atoms with Crippen molar-refractivity contribution in [1.29, 1.82) is 0 Å². The Labute approximate surface area is 107 Å². The molecule has 0 aromatic rings. The lowest BCUT2D eigenvalue weighted by Crippen LogP contribution is -2.53. The van der Waals surface area contributed by atoms with Crippen LogP contribution in [0.25, 0.3) is 0 Å². The molecule has 0 bridgehead atoms. The monoisotopic (exact) mass is 286 g/mol. The van der Waals surface area contributed by atoms with E-state index in [0.717, 1.165) is 6.42 Å². The van der Waals surface area contributed by atoms with Crippen LogP contribution < -0.4 is 0 Å². The SMILES string of the molecule is CC1=CC[C@]2(CC1)CC[C@@H](O)[C@H](Br)C2(C)C. The fourth-order valence-electron chi connectivity index (χ4n) is 3.49. The van der Waals surface area contributed by atoms with E-state index < -0.39 is 0 Å². The maximum absolute atomic E-state index is 10.0. The molecule has 1 fully saturated rings. The molecule has 2 aliphatic carbocycles. The van der Waals surface area contributed by atoms with Crippen molar-refractivity contribution in [1.82, 2.24) is 0 Å². The number of rotatable bonds is 0. The maximum Gasteiger partial charge on any atom is 0.0670 e. The third-order valence-corrected chi connectivity index (χ3v) is 6.91. The van der Waals surface area contributed by atoms with E-state index in [2.05, 4.69) is 42.8 Å². The van der Waals surface area contributed by atoms with Crippen LogP contribution in [0.4, 0.5) is 0 Å². The van der Waals surface area contributed by atoms with Crippen molar-refractivity contribution in [2.75, 3.05) is 0 Å². The summed E-state index contributed by atoms with van der Waals surface area (Å²) in [6.45, 7) is 6.88. The summed E-state index contributed by atoms with van der Waals surface area (Å²) in [4.78, 5) is 0.237. The number of allylic oxidation sites excluding steroid dienone is 2. The van der Waals surface area contributed by atoms with Crippen molar-refractivity contribution < 1.29 is 5.11 Å². The Balaban J connectivity index is 2.28. The largest absolute Gasteiger partial charge is 0.392 e. The van der Waals surface area contributed by atoms with Crippen molar-refractivity contribution in [2.45, 2.75) is 63.8 Å². The first-order chi connectivity index (χ1) is 7.39. The molecule has 16 heavy (non-hydrogen) atoms. The zero-order valence-electron chi connectivity index (χ0n) is 10.6. The minimum absolute atomic E-state index is 0.173. The molecule has 1 spiro atoms. The highest BCUT2D eigenvalue weighted by atomic mass is 79.9. The summed E-state index contributed by atoms with van der Waals surface area (Å²) >= 11 is 3.73. The van der Waals surface area contributed by atoms with Gasteiger partial charge in [0.05, 0.1) is 6.10 Å². The van der Waals surface area contributed by atoms with Crippen LogP contribution in [0, 0.1) is 10.8 Å². The molecule has 0 aromatic heterocycles. The average molecular weight is 287 g/mol. The first-order valence-electron chi connectivity index (χ1n) is 6.37. The molecule has 0 unspecified atom stereocenters. The summed E-state index contributed by atoms with van der Waals surface area (Å²) in [7, 11) is 0. The van der Waals surface area contributed by atoms with E-state index in [1.165, 1.54) is 25.7 Å². The highest BCUT2D eigenvalue weighted by Crippen LogP contribution is 2.59. The Morgan fingerprint density at radius 3 is 2.62 bits per heavy atom. The standard InChI is InChI=1S/C14H23BrO/c1-10-4-7-14(8-5-10)9-6-11(16)12(15)13(14,2)3/h4,11-12,16H,5-9H2,1-3H3/t11-,12+,14+/m1/s1. The molecule has 1 N–H and O–H groups in total. The molecule has 0 saturated heterocycles. The molecule has 0 amide bonds. The van der Waals surface area contributed by atoms with Gasteiger partial charge in [0.1, 0.15) is 0 Å². The summed E-state index contributed by atoms with van der Waals surface area (Å²) in [6, 6.07) is 0. The van der Waals surface area contributed by atoms with Gasteiger partial charge in [-0.2, -0.15) is 0 Å². The number of hydrogen-bond acceptors (Lipinski definition) is 1. The molecule has 2 heteroatoms. The second kappa shape index (κ2) is 4.13. The molecule has 1 saturated carbocycles. The van der Waals surface area contributed by atoms with E-state index in [9.17, 15) is 5.11 Å². The van der Waals surface area contributed by atoms with E-state index in [4.69, 9.17) is 0 Å². The van der Waals surface area contributed by atoms with E-state index in [1.807, 2.05) is 0 Å². The van der Waals surface area contributed by atoms with Crippen molar-refractivity contribution >= 4 is 15.9 Å². The minimum Gasteiger partial charge on any atom is -0.392 e. The molecule has 2 rings (SSSR count). The number of alkyl halides is 1. The first kappa shape index (κ1) is 12.6. The van der Waals surface area contributed by atoms with Crippen LogP contribution in [0.3, 0.4) is 0 Å². The highest BCUT2D eigenvalue weighted by Gasteiger charge is 2.53. The van der Waals surface area contributed by atoms with Crippen molar-refractivity contribution in [3.05, 3.63) is 11.6 Å². The summed E-state index contributed by atoms with van der Waals surface area (Å²) in [5.74, 6) is 0. The molecule has 0 heterocycles. The zero-order valence-corrected chi connectivity index (χ0v) is 12.2. The highest BCUT2D eigenvalue weighted by molar-refractivity contribution is 9.09. The fraction of sp³-hybridized carbons (Fsp3) is 0.857. The third kappa shape index (κ3) is 1.78. The van der Waals surface area contributed by atoms with Gasteiger partial charge in [-0.15, -0.1) is 0 Å². The van der Waals surface area contributed by atoms with Crippen LogP contribution in [0.1, 0.15) is 52.9 Å². The molecule has 2 aliphatic rings. The van der Waals surface area contributed by atoms with Crippen LogP contribution in [-0.4, -0.2) is 16.0 Å². The topological polar surface area (TPSA) is 20.2 Å². The van der Waals surface area contributed by atoms with Gasteiger partial charge in [-0.3, -0.25) is 0 Å². The van der Waals surface area contributed by atoms with Gasteiger partial charge in [-0.1, -0.05) is 41.4 Å². The smallest absolute Gasteiger partial charge is 0.0670 e. The fourth-order valence-corrected chi connectivity index (χ4v) is 4.24. The van der Waals surface area contributed by atoms with E-state index in [1.54, 1.807) is 5.57 Å². The number of aliphatic hydroxyl groups is 1. The average Bonchev–Trinajstić information content (AvgIpc) is 2.25. The minimum atomic E-state index is -0.173. The van der Waals surface area contributed by atoms with Crippen molar-refractivity contribution in [3.8, 4) is 0 Å². The van der Waals surface area contributed by atoms with Crippen LogP contribution in [0.2, 0.25) is 0 Å². The van der Waals surface area contributed by atoms with Gasteiger partial charge in [0.25, 0.3) is 0 Å².